The first-order valence-corrected chi connectivity index (χ1v) is 10.3. The van der Waals surface area contributed by atoms with Crippen LogP contribution in [0.1, 0.15) is 41.4 Å². The van der Waals surface area contributed by atoms with Crippen molar-refractivity contribution in [2.24, 2.45) is 0 Å². The number of nitrogens with one attached hydrogen (secondary N) is 2. The van der Waals surface area contributed by atoms with Gasteiger partial charge in [-0.05, 0) is 72.7 Å². The van der Waals surface area contributed by atoms with Crippen LogP contribution in [0, 0.1) is 0 Å². The summed E-state index contributed by atoms with van der Waals surface area (Å²) in [6.07, 6.45) is 7.27. The molecule has 1 aromatic carbocycles. The molecule has 2 N–H and O–H groups in total. The first kappa shape index (κ1) is 18.2. The maximum absolute atomic E-state index is 4.61. The van der Waals surface area contributed by atoms with Gasteiger partial charge < -0.3 is 5.32 Å². The molecule has 0 radical (unpaired) electrons. The number of nitrogens with zero attached hydrogens (tertiary/aromatic N) is 2. The molecule has 4 nitrogen and oxygen atoms in total. The highest BCUT2D eigenvalue weighted by atomic mass is 32.2. The summed E-state index contributed by atoms with van der Waals surface area (Å²) in [5.74, 6) is 0. The van der Waals surface area contributed by atoms with E-state index in [4.69, 9.17) is 0 Å². The standard InChI is InChI=1S/C22H24N4S/c1-2-13-23-19(7-1)16-26-27-20-11-9-17(10-12-20)15-25-21-8-3-5-18-6-4-14-24-22(18)21/h1-2,4,6-7,9-14,21,25-26H,3,5,8,15-16H2. The molecule has 1 aliphatic carbocycles. The van der Waals surface area contributed by atoms with Crippen molar-refractivity contribution in [2.45, 2.75) is 43.3 Å². The molecule has 1 atom stereocenters. The fraction of sp³-hybridized carbons (Fsp3) is 0.273. The molecule has 0 bridgehead atoms. The Morgan fingerprint density at radius 1 is 0.926 bits per heavy atom. The number of fused-ring (bicyclic) bond motifs is 1. The zero-order chi connectivity index (χ0) is 18.3. The number of aryl methyl sites for hydroxylation is 1. The molecule has 138 valence electrons. The van der Waals surface area contributed by atoms with Crippen molar-refractivity contribution in [1.29, 1.82) is 0 Å². The molecular formula is C22H24N4S. The van der Waals surface area contributed by atoms with Crippen LogP contribution in [0.2, 0.25) is 0 Å². The Kier molecular flexibility index (Phi) is 6.14. The lowest BCUT2D eigenvalue weighted by molar-refractivity contribution is 0.447. The molecule has 0 amide bonds. The van der Waals surface area contributed by atoms with E-state index in [2.05, 4.69) is 50.3 Å². The van der Waals surface area contributed by atoms with Crippen molar-refractivity contribution in [3.63, 3.8) is 0 Å². The second-order valence-corrected chi connectivity index (χ2v) is 7.73. The lowest BCUT2D eigenvalue weighted by Crippen LogP contribution is -2.25. The van der Waals surface area contributed by atoms with E-state index >= 15 is 0 Å². The summed E-state index contributed by atoms with van der Waals surface area (Å²) in [4.78, 5) is 10.1. The van der Waals surface area contributed by atoms with Crippen LogP contribution in [0.3, 0.4) is 0 Å². The second-order valence-electron chi connectivity index (χ2n) is 6.76. The normalized spacial score (nSPS) is 16.1. The van der Waals surface area contributed by atoms with Crippen LogP contribution >= 0.6 is 11.9 Å². The number of benzene rings is 1. The van der Waals surface area contributed by atoms with E-state index < -0.39 is 0 Å². The van der Waals surface area contributed by atoms with E-state index in [1.807, 2.05) is 36.7 Å². The van der Waals surface area contributed by atoms with Gasteiger partial charge in [-0.15, -0.1) is 0 Å². The highest BCUT2D eigenvalue weighted by Crippen LogP contribution is 2.28. The second kappa shape index (κ2) is 9.13. The minimum Gasteiger partial charge on any atom is -0.305 e. The van der Waals surface area contributed by atoms with Crippen LogP contribution in [0.5, 0.6) is 0 Å². The highest BCUT2D eigenvalue weighted by molar-refractivity contribution is 7.97. The van der Waals surface area contributed by atoms with Gasteiger partial charge in [-0.25, -0.2) is 0 Å². The van der Waals surface area contributed by atoms with Crippen molar-refractivity contribution in [1.82, 2.24) is 20.0 Å². The highest BCUT2D eigenvalue weighted by Gasteiger charge is 2.20. The van der Waals surface area contributed by atoms with Gasteiger partial charge in [0.25, 0.3) is 0 Å². The largest absolute Gasteiger partial charge is 0.305 e. The Bertz CT molecular complexity index is 852. The molecule has 0 fully saturated rings. The predicted molar refractivity (Wildman–Crippen MR) is 110 cm³/mol. The van der Waals surface area contributed by atoms with Gasteiger partial charge in [-0.3, -0.25) is 14.7 Å². The summed E-state index contributed by atoms with van der Waals surface area (Å²) in [5.41, 5.74) is 4.97. The van der Waals surface area contributed by atoms with Gasteiger partial charge in [-0.2, -0.15) is 0 Å². The van der Waals surface area contributed by atoms with E-state index in [1.165, 1.54) is 28.1 Å². The molecule has 1 aliphatic rings. The third-order valence-corrected chi connectivity index (χ3v) is 5.64. The summed E-state index contributed by atoms with van der Waals surface area (Å²) in [6, 6.07) is 19.3. The smallest absolute Gasteiger partial charge is 0.0605 e. The van der Waals surface area contributed by atoms with E-state index in [0.29, 0.717) is 6.04 Å². The maximum Gasteiger partial charge on any atom is 0.0605 e. The van der Waals surface area contributed by atoms with Crippen molar-refractivity contribution in [3.8, 4) is 0 Å². The van der Waals surface area contributed by atoms with Crippen LogP contribution in [-0.2, 0) is 19.5 Å². The Balaban J connectivity index is 1.27. The van der Waals surface area contributed by atoms with Crippen molar-refractivity contribution >= 4 is 11.9 Å². The summed E-state index contributed by atoms with van der Waals surface area (Å²) >= 11 is 1.64. The average molecular weight is 377 g/mol. The third-order valence-electron chi connectivity index (χ3n) is 4.84. The SMILES string of the molecule is c1ccc(CNSc2ccc(CNC3CCCc4cccnc43)cc2)nc1. The number of hydrogen-bond donors (Lipinski definition) is 2. The first-order valence-electron chi connectivity index (χ1n) is 9.44. The van der Waals surface area contributed by atoms with Gasteiger partial charge in [-0.1, -0.05) is 24.3 Å². The molecular weight excluding hydrogens is 352 g/mol. The third kappa shape index (κ3) is 4.95. The summed E-state index contributed by atoms with van der Waals surface area (Å²) in [5, 5.41) is 3.69. The van der Waals surface area contributed by atoms with E-state index in [0.717, 1.165) is 31.6 Å². The van der Waals surface area contributed by atoms with Gasteiger partial charge in [0.05, 0.1) is 17.4 Å². The fourth-order valence-electron chi connectivity index (χ4n) is 3.42. The van der Waals surface area contributed by atoms with E-state index in [-0.39, 0.29) is 0 Å². The van der Waals surface area contributed by atoms with Gasteiger partial charge in [0.2, 0.25) is 0 Å². The Morgan fingerprint density at radius 2 is 1.81 bits per heavy atom. The molecule has 27 heavy (non-hydrogen) atoms. The number of aromatic nitrogens is 2. The molecule has 1 unspecified atom stereocenters. The van der Waals surface area contributed by atoms with Crippen LogP contribution in [0.4, 0.5) is 0 Å². The first-order chi connectivity index (χ1) is 13.4. The Morgan fingerprint density at radius 3 is 2.67 bits per heavy atom. The van der Waals surface area contributed by atoms with E-state index in [1.54, 1.807) is 11.9 Å². The molecule has 0 aliphatic heterocycles. The molecule has 0 saturated heterocycles. The van der Waals surface area contributed by atoms with Crippen LogP contribution < -0.4 is 10.0 Å². The van der Waals surface area contributed by atoms with Gasteiger partial charge in [0, 0.05) is 30.4 Å². The molecule has 2 heterocycles. The minimum atomic E-state index is 0.365. The molecule has 0 saturated carbocycles. The van der Waals surface area contributed by atoms with Crippen LogP contribution in [0.15, 0.2) is 71.9 Å². The van der Waals surface area contributed by atoms with Gasteiger partial charge >= 0.3 is 0 Å². The molecule has 0 spiro atoms. The average Bonchev–Trinajstić information content (AvgIpc) is 2.74. The molecule has 4 rings (SSSR count). The maximum atomic E-state index is 4.61. The lowest BCUT2D eigenvalue weighted by Gasteiger charge is -2.25. The Hall–Kier alpha value is -2.21. The van der Waals surface area contributed by atoms with Gasteiger partial charge in [0.1, 0.15) is 0 Å². The summed E-state index contributed by atoms with van der Waals surface area (Å²) < 4.78 is 3.36. The Labute approximate surface area is 165 Å². The van der Waals surface area contributed by atoms with Gasteiger partial charge in [0.15, 0.2) is 0 Å². The molecule has 5 heteroatoms. The monoisotopic (exact) mass is 376 g/mol. The summed E-state index contributed by atoms with van der Waals surface area (Å²) in [6.45, 7) is 1.62. The van der Waals surface area contributed by atoms with E-state index in [9.17, 15) is 0 Å². The molecule has 3 aromatic rings. The predicted octanol–water partition coefficient (Wildman–Crippen LogP) is 4.44. The number of pyridine rings is 2. The number of rotatable bonds is 7. The number of hydrogen-bond acceptors (Lipinski definition) is 5. The molecule has 2 aromatic heterocycles. The fourth-order valence-corrected chi connectivity index (χ4v) is 4.08. The van der Waals surface area contributed by atoms with Crippen molar-refractivity contribution in [3.05, 3.63) is 89.5 Å². The zero-order valence-corrected chi connectivity index (χ0v) is 16.1. The van der Waals surface area contributed by atoms with Crippen molar-refractivity contribution in [2.75, 3.05) is 0 Å². The minimum absolute atomic E-state index is 0.365. The van der Waals surface area contributed by atoms with Crippen molar-refractivity contribution < 1.29 is 0 Å². The quantitative estimate of drug-likeness (QED) is 0.597. The van der Waals surface area contributed by atoms with Crippen LogP contribution in [0.25, 0.3) is 0 Å². The zero-order valence-electron chi connectivity index (χ0n) is 15.3. The topological polar surface area (TPSA) is 49.8 Å². The van der Waals surface area contributed by atoms with Crippen LogP contribution in [-0.4, -0.2) is 9.97 Å². The lowest BCUT2D eigenvalue weighted by atomic mass is 9.92. The summed E-state index contributed by atoms with van der Waals surface area (Å²) in [7, 11) is 0.